The minimum absolute atomic E-state index is 0.0667. The molecular weight excluding hydrogens is 354 g/mol. The second kappa shape index (κ2) is 6.86. The Morgan fingerprint density at radius 1 is 1.44 bits per heavy atom. The fraction of sp³-hybridized carbons (Fsp3) is 0.769. The highest BCUT2D eigenvalue weighted by molar-refractivity contribution is 7.80. The van der Waals surface area contributed by atoms with E-state index in [2.05, 4.69) is 14.5 Å². The number of hydrogen-bond donors (Lipinski definition) is 2. The number of carbonyl (C=O) groups is 1. The van der Waals surface area contributed by atoms with E-state index in [9.17, 15) is 13.2 Å². The van der Waals surface area contributed by atoms with Crippen molar-refractivity contribution in [1.29, 1.82) is 0 Å². The number of hydroxylamine groups is 2. The van der Waals surface area contributed by atoms with E-state index >= 15 is 0 Å². The number of hydrogen-bond acceptors (Lipinski definition) is 8. The third-order valence-corrected chi connectivity index (χ3v) is 4.87. The molecule has 140 valence electrons. The Morgan fingerprint density at radius 3 is 2.88 bits per heavy atom. The molecule has 0 aromatic carbocycles. The van der Waals surface area contributed by atoms with Gasteiger partial charge in [0.2, 0.25) is 11.8 Å². The zero-order valence-corrected chi connectivity index (χ0v) is 14.6. The average Bonchev–Trinajstić information content (AvgIpc) is 3.12. The highest BCUT2D eigenvalue weighted by Crippen LogP contribution is 2.38. The lowest BCUT2D eigenvalue weighted by Gasteiger charge is -2.27. The van der Waals surface area contributed by atoms with Crippen LogP contribution < -0.4 is 5.73 Å². The molecule has 2 aliphatic heterocycles. The molecule has 3 heterocycles. The summed E-state index contributed by atoms with van der Waals surface area (Å²) in [4.78, 5) is 13.8. The van der Waals surface area contributed by atoms with Gasteiger partial charge in [-0.2, -0.15) is 13.5 Å². The number of carbonyl (C=O) groups excluding carboxylic acids is 1. The van der Waals surface area contributed by atoms with Crippen LogP contribution in [-0.4, -0.2) is 57.8 Å². The van der Waals surface area contributed by atoms with Gasteiger partial charge in [-0.3, -0.25) is 4.55 Å². The van der Waals surface area contributed by atoms with E-state index in [0.29, 0.717) is 36.1 Å². The van der Waals surface area contributed by atoms with Crippen molar-refractivity contribution in [3.63, 3.8) is 0 Å². The summed E-state index contributed by atoms with van der Waals surface area (Å²) in [5.74, 6) is 0.763. The van der Waals surface area contributed by atoms with Crippen molar-refractivity contribution in [2.24, 2.45) is 5.73 Å². The molecule has 0 unspecified atom stereocenters. The van der Waals surface area contributed by atoms with Crippen molar-refractivity contribution in [2.45, 2.75) is 57.2 Å². The fourth-order valence-electron chi connectivity index (χ4n) is 3.10. The Labute approximate surface area is 145 Å². The quantitative estimate of drug-likeness (QED) is 0.645. The Bertz CT molecular complexity index is 737. The van der Waals surface area contributed by atoms with Gasteiger partial charge in [0.25, 0.3) is 0 Å². The van der Waals surface area contributed by atoms with Crippen LogP contribution in [0.2, 0.25) is 0 Å². The van der Waals surface area contributed by atoms with E-state index in [-0.39, 0.29) is 12.6 Å². The largest absolute Gasteiger partial charge is 0.423 e. The molecule has 0 saturated carbocycles. The number of rotatable bonds is 7. The molecular formula is C13H21N5O6S. The molecule has 2 aliphatic rings. The first kappa shape index (κ1) is 18.0. The Kier molecular flexibility index (Phi) is 4.95. The van der Waals surface area contributed by atoms with E-state index in [1.54, 1.807) is 0 Å². The van der Waals surface area contributed by atoms with Gasteiger partial charge < -0.3 is 15.1 Å². The highest BCUT2D eigenvalue weighted by Gasteiger charge is 2.49. The number of aryl methyl sites for hydroxylation is 1. The van der Waals surface area contributed by atoms with Crippen molar-refractivity contribution in [3.8, 4) is 0 Å². The third-order valence-electron chi connectivity index (χ3n) is 4.52. The summed E-state index contributed by atoms with van der Waals surface area (Å²) in [5, 5.41) is 8.70. The van der Waals surface area contributed by atoms with E-state index in [1.807, 2.05) is 6.92 Å². The number of nitrogens with two attached hydrogens (primary N) is 1. The summed E-state index contributed by atoms with van der Waals surface area (Å²) in [6.45, 7) is 2.26. The lowest BCUT2D eigenvalue weighted by Crippen LogP contribution is -2.35. The normalized spacial score (nSPS) is 24.8. The van der Waals surface area contributed by atoms with Crippen LogP contribution in [0.1, 0.15) is 50.4 Å². The molecule has 2 fully saturated rings. The zero-order chi connectivity index (χ0) is 18.2. The Hall–Kier alpha value is -1.76. The minimum atomic E-state index is -4.76. The molecule has 12 heteroatoms. The standard InChI is InChI=1S/C13H21N5O6S/c1-2-8(14)3-6-11-15-16-12(23-11)10-5-4-9-7-17(10)13(19)18(9)24-25(20,21)22/h8-10H,2-7,14H2,1H3,(H,20,21,22)/t8-,9-,10-/m0/s1. The van der Waals surface area contributed by atoms with Crippen molar-refractivity contribution in [1.82, 2.24) is 20.2 Å². The minimum Gasteiger partial charge on any atom is -0.423 e. The van der Waals surface area contributed by atoms with E-state index in [1.165, 1.54) is 4.90 Å². The summed E-state index contributed by atoms with van der Waals surface area (Å²) >= 11 is 0. The van der Waals surface area contributed by atoms with Gasteiger partial charge in [-0.25, -0.2) is 4.79 Å². The zero-order valence-electron chi connectivity index (χ0n) is 13.7. The van der Waals surface area contributed by atoms with Crippen LogP contribution >= 0.6 is 0 Å². The maximum Gasteiger partial charge on any atom is 0.418 e. The van der Waals surface area contributed by atoms with Crippen molar-refractivity contribution in [3.05, 3.63) is 11.8 Å². The molecule has 0 spiro atoms. The second-order valence-corrected chi connectivity index (χ2v) is 7.26. The van der Waals surface area contributed by atoms with Crippen LogP contribution in [0.4, 0.5) is 4.79 Å². The van der Waals surface area contributed by atoms with Crippen molar-refractivity contribution >= 4 is 16.4 Å². The highest BCUT2D eigenvalue weighted by atomic mass is 32.3. The molecule has 25 heavy (non-hydrogen) atoms. The molecule has 2 amide bonds. The van der Waals surface area contributed by atoms with Crippen molar-refractivity contribution in [2.75, 3.05) is 6.54 Å². The van der Waals surface area contributed by atoms with Gasteiger partial charge >= 0.3 is 16.4 Å². The molecule has 1 aromatic rings. The predicted molar refractivity (Wildman–Crippen MR) is 83.2 cm³/mol. The number of nitrogens with zero attached hydrogens (tertiary/aromatic N) is 4. The maximum atomic E-state index is 12.4. The Morgan fingerprint density at radius 2 is 2.20 bits per heavy atom. The first-order chi connectivity index (χ1) is 11.8. The molecule has 2 saturated heterocycles. The van der Waals surface area contributed by atoms with E-state index in [0.717, 1.165) is 12.8 Å². The van der Waals surface area contributed by atoms with Gasteiger partial charge in [-0.1, -0.05) is 6.92 Å². The molecule has 11 nitrogen and oxygen atoms in total. The molecule has 3 atom stereocenters. The number of aromatic nitrogens is 2. The van der Waals surface area contributed by atoms with Crippen LogP contribution in [0.15, 0.2) is 4.42 Å². The molecule has 2 bridgehead atoms. The molecule has 0 radical (unpaired) electrons. The monoisotopic (exact) mass is 375 g/mol. The summed E-state index contributed by atoms with van der Waals surface area (Å²) in [6, 6.07) is -1.48. The summed E-state index contributed by atoms with van der Waals surface area (Å²) < 4.78 is 40.6. The number of fused-ring (bicyclic) bond motifs is 2. The van der Waals surface area contributed by atoms with E-state index < -0.39 is 28.5 Å². The van der Waals surface area contributed by atoms with Crippen LogP contribution in [0.25, 0.3) is 0 Å². The summed E-state index contributed by atoms with van der Waals surface area (Å²) in [5.41, 5.74) is 5.87. The summed E-state index contributed by atoms with van der Waals surface area (Å²) in [6.07, 6.45) is 3.16. The summed E-state index contributed by atoms with van der Waals surface area (Å²) in [7, 11) is -4.76. The number of piperidine rings is 1. The van der Waals surface area contributed by atoms with Crippen LogP contribution in [0, 0.1) is 0 Å². The molecule has 1 aromatic heterocycles. The Balaban J connectivity index is 1.69. The van der Waals surface area contributed by atoms with Gasteiger partial charge in [0.1, 0.15) is 6.04 Å². The first-order valence-electron chi connectivity index (χ1n) is 8.13. The first-order valence-corrected chi connectivity index (χ1v) is 9.49. The van der Waals surface area contributed by atoms with Crippen molar-refractivity contribution < 1.29 is 26.5 Å². The fourth-order valence-corrected chi connectivity index (χ4v) is 3.49. The van der Waals surface area contributed by atoms with Crippen LogP contribution in [0.5, 0.6) is 0 Å². The lowest BCUT2D eigenvalue weighted by atomic mass is 10.0. The average molecular weight is 375 g/mol. The number of amides is 2. The van der Waals surface area contributed by atoms with E-state index in [4.69, 9.17) is 14.7 Å². The molecule has 3 rings (SSSR count). The topological polar surface area (TPSA) is 152 Å². The molecule has 3 N–H and O–H groups in total. The smallest absolute Gasteiger partial charge is 0.418 e. The predicted octanol–water partition coefficient (Wildman–Crippen LogP) is 0.415. The van der Waals surface area contributed by atoms with Gasteiger partial charge in [-0.15, -0.1) is 14.5 Å². The maximum absolute atomic E-state index is 12.4. The lowest BCUT2D eigenvalue weighted by molar-refractivity contribution is -0.0317. The van der Waals surface area contributed by atoms with Gasteiger partial charge in [0.05, 0.1) is 6.04 Å². The number of urea groups is 1. The van der Waals surface area contributed by atoms with Gasteiger partial charge in [0, 0.05) is 19.0 Å². The third kappa shape index (κ3) is 3.92. The van der Waals surface area contributed by atoms with Crippen LogP contribution in [-0.2, 0) is 21.1 Å². The van der Waals surface area contributed by atoms with Gasteiger partial charge in [0.15, 0.2) is 0 Å². The second-order valence-electron chi connectivity index (χ2n) is 6.25. The van der Waals surface area contributed by atoms with Gasteiger partial charge in [-0.05, 0) is 25.7 Å². The molecule has 0 aliphatic carbocycles. The SMILES string of the molecule is CC[C@H](N)CCc1nnc([C@@H]2CC[C@H]3CN2C(=O)N3OS(=O)(=O)O)o1. The van der Waals surface area contributed by atoms with Crippen LogP contribution in [0.3, 0.4) is 0 Å².